The van der Waals surface area contributed by atoms with Crippen LogP contribution in [0.5, 0.6) is 0 Å². The van der Waals surface area contributed by atoms with E-state index in [-0.39, 0.29) is 12.9 Å². The van der Waals surface area contributed by atoms with Crippen LogP contribution >= 0.6 is 23.2 Å². The SMILES string of the molecule is O=C(O)c1ccc(NC(=O)c2ccc(Cl)cc2NCc2ccc(Cl)cc2)cc1.[HH]. The monoisotopic (exact) mass is 416 g/mol. The van der Waals surface area contributed by atoms with Gasteiger partial charge in [0.05, 0.1) is 11.1 Å². The summed E-state index contributed by atoms with van der Waals surface area (Å²) in [6.07, 6.45) is 0. The van der Waals surface area contributed by atoms with Crippen LogP contribution in [0.25, 0.3) is 0 Å². The van der Waals surface area contributed by atoms with Crippen molar-refractivity contribution in [1.82, 2.24) is 0 Å². The van der Waals surface area contributed by atoms with Crippen LogP contribution in [0.2, 0.25) is 10.0 Å². The summed E-state index contributed by atoms with van der Waals surface area (Å²) in [6.45, 7) is 0.491. The van der Waals surface area contributed by atoms with Gasteiger partial charge in [0.2, 0.25) is 0 Å². The highest BCUT2D eigenvalue weighted by Crippen LogP contribution is 2.23. The van der Waals surface area contributed by atoms with E-state index in [1.165, 1.54) is 24.3 Å². The molecule has 3 rings (SSSR count). The highest BCUT2D eigenvalue weighted by Gasteiger charge is 2.13. The van der Waals surface area contributed by atoms with Gasteiger partial charge in [-0.2, -0.15) is 0 Å². The number of carboxylic acid groups (broad SMARTS) is 1. The van der Waals surface area contributed by atoms with Crippen LogP contribution in [0.1, 0.15) is 27.7 Å². The molecule has 0 atom stereocenters. The Kier molecular flexibility index (Phi) is 6.19. The van der Waals surface area contributed by atoms with Crippen LogP contribution in [0.4, 0.5) is 11.4 Å². The molecule has 144 valence electrons. The highest BCUT2D eigenvalue weighted by molar-refractivity contribution is 6.31. The zero-order valence-corrected chi connectivity index (χ0v) is 16.1. The predicted octanol–water partition coefficient (Wildman–Crippen LogP) is 5.80. The number of carbonyl (C=O) groups excluding carboxylic acids is 1. The average molecular weight is 417 g/mol. The van der Waals surface area contributed by atoms with Gasteiger partial charge in [0.25, 0.3) is 5.91 Å². The van der Waals surface area contributed by atoms with Crippen molar-refractivity contribution >= 4 is 46.5 Å². The Balaban J connectivity index is 0.00000300. The second kappa shape index (κ2) is 8.78. The molecule has 0 aromatic heterocycles. The van der Waals surface area contributed by atoms with Crippen molar-refractivity contribution < 1.29 is 16.1 Å². The molecular weight excluding hydrogens is 399 g/mol. The molecule has 0 aliphatic rings. The summed E-state index contributed by atoms with van der Waals surface area (Å²) in [6, 6.07) is 18.3. The molecule has 1 amide bonds. The van der Waals surface area contributed by atoms with Crippen molar-refractivity contribution in [2.45, 2.75) is 6.54 Å². The minimum Gasteiger partial charge on any atom is -0.478 e. The molecule has 0 spiro atoms. The maximum Gasteiger partial charge on any atom is 0.335 e. The molecule has 0 fully saturated rings. The number of hydrogen-bond acceptors (Lipinski definition) is 3. The Morgan fingerprint density at radius 3 is 2.18 bits per heavy atom. The number of aromatic carboxylic acids is 1. The summed E-state index contributed by atoms with van der Waals surface area (Å²) < 4.78 is 0. The number of anilines is 2. The van der Waals surface area contributed by atoms with E-state index in [2.05, 4.69) is 10.6 Å². The first-order chi connectivity index (χ1) is 13.4. The fourth-order valence-electron chi connectivity index (χ4n) is 2.55. The van der Waals surface area contributed by atoms with Crippen molar-refractivity contribution in [1.29, 1.82) is 0 Å². The van der Waals surface area contributed by atoms with Gasteiger partial charge >= 0.3 is 5.97 Å². The summed E-state index contributed by atoms with van der Waals surface area (Å²) >= 11 is 12.0. The van der Waals surface area contributed by atoms with E-state index in [0.29, 0.717) is 33.5 Å². The molecule has 28 heavy (non-hydrogen) atoms. The minimum atomic E-state index is -1.02. The molecule has 0 unspecified atom stereocenters. The van der Waals surface area contributed by atoms with Crippen molar-refractivity contribution in [3.05, 3.63) is 93.5 Å². The molecule has 0 heterocycles. The van der Waals surface area contributed by atoms with E-state index < -0.39 is 5.97 Å². The number of rotatable bonds is 6. The van der Waals surface area contributed by atoms with Gasteiger partial charge in [0, 0.05) is 29.4 Å². The third kappa shape index (κ3) is 5.03. The second-order valence-electron chi connectivity index (χ2n) is 6.01. The van der Waals surface area contributed by atoms with Gasteiger partial charge in [-0.3, -0.25) is 4.79 Å². The van der Waals surface area contributed by atoms with E-state index in [1.807, 2.05) is 12.1 Å². The van der Waals surface area contributed by atoms with E-state index in [4.69, 9.17) is 28.3 Å². The number of hydrogen-bond donors (Lipinski definition) is 3. The van der Waals surface area contributed by atoms with Gasteiger partial charge in [-0.05, 0) is 60.2 Å². The number of carboxylic acids is 1. The third-order valence-electron chi connectivity index (χ3n) is 4.01. The summed E-state index contributed by atoms with van der Waals surface area (Å²) in [7, 11) is 0. The lowest BCUT2D eigenvalue weighted by molar-refractivity contribution is 0.0696. The highest BCUT2D eigenvalue weighted by atomic mass is 35.5. The fraction of sp³-hybridized carbons (Fsp3) is 0.0476. The van der Waals surface area contributed by atoms with Gasteiger partial charge in [-0.1, -0.05) is 35.3 Å². The number of halogens is 2. The van der Waals surface area contributed by atoms with E-state index in [9.17, 15) is 9.59 Å². The maximum atomic E-state index is 12.7. The molecule has 3 aromatic rings. The van der Waals surface area contributed by atoms with Crippen molar-refractivity contribution in [3.8, 4) is 0 Å². The van der Waals surface area contributed by atoms with Gasteiger partial charge < -0.3 is 15.7 Å². The van der Waals surface area contributed by atoms with Crippen LogP contribution in [-0.2, 0) is 6.54 Å². The molecular formula is C21H18Cl2N2O3. The summed E-state index contributed by atoms with van der Waals surface area (Å²) in [5, 5.41) is 16.1. The Bertz CT molecular complexity index is 1010. The summed E-state index contributed by atoms with van der Waals surface area (Å²) in [5.74, 6) is -1.36. The molecule has 0 radical (unpaired) electrons. The Hall–Kier alpha value is -3.02. The van der Waals surface area contributed by atoms with Crippen LogP contribution in [-0.4, -0.2) is 17.0 Å². The molecule has 0 aliphatic heterocycles. The van der Waals surface area contributed by atoms with E-state index >= 15 is 0 Å². The zero-order chi connectivity index (χ0) is 20.1. The standard InChI is InChI=1S/C21H16Cl2N2O3.H2/c22-15-5-1-13(2-6-15)12-24-19-11-16(23)7-10-18(19)20(26)25-17-8-3-14(4-9-17)21(27)28;/h1-11,24H,12H2,(H,25,26)(H,27,28);1H. The number of nitrogens with one attached hydrogen (secondary N) is 2. The lowest BCUT2D eigenvalue weighted by atomic mass is 10.1. The molecule has 3 N–H and O–H groups in total. The van der Waals surface area contributed by atoms with Crippen LogP contribution in [0.15, 0.2) is 66.7 Å². The Morgan fingerprint density at radius 2 is 1.54 bits per heavy atom. The minimum absolute atomic E-state index is 0. The average Bonchev–Trinajstić information content (AvgIpc) is 2.68. The Morgan fingerprint density at radius 1 is 0.893 bits per heavy atom. The van der Waals surface area contributed by atoms with Gasteiger partial charge in [-0.25, -0.2) is 4.79 Å². The molecule has 0 aliphatic carbocycles. The van der Waals surface area contributed by atoms with Crippen molar-refractivity contribution in [2.24, 2.45) is 0 Å². The number of carbonyl (C=O) groups is 2. The van der Waals surface area contributed by atoms with E-state index in [1.54, 1.807) is 30.3 Å². The number of benzene rings is 3. The zero-order valence-electron chi connectivity index (χ0n) is 14.6. The first-order valence-corrected chi connectivity index (χ1v) is 9.10. The largest absolute Gasteiger partial charge is 0.478 e. The molecule has 0 saturated heterocycles. The normalized spacial score (nSPS) is 10.4. The summed E-state index contributed by atoms with van der Waals surface area (Å²) in [5.41, 5.74) is 2.64. The number of amides is 1. The molecule has 0 saturated carbocycles. The molecule has 3 aromatic carbocycles. The lowest BCUT2D eigenvalue weighted by Gasteiger charge is -2.13. The lowest BCUT2D eigenvalue weighted by Crippen LogP contribution is -2.15. The van der Waals surface area contributed by atoms with Gasteiger partial charge in [0.15, 0.2) is 0 Å². The van der Waals surface area contributed by atoms with Crippen molar-refractivity contribution in [2.75, 3.05) is 10.6 Å². The van der Waals surface area contributed by atoms with Crippen molar-refractivity contribution in [3.63, 3.8) is 0 Å². The predicted molar refractivity (Wildman–Crippen MR) is 114 cm³/mol. The van der Waals surface area contributed by atoms with Crippen LogP contribution < -0.4 is 10.6 Å². The fourth-order valence-corrected chi connectivity index (χ4v) is 2.85. The topological polar surface area (TPSA) is 78.4 Å². The van der Waals surface area contributed by atoms with E-state index in [0.717, 1.165) is 5.56 Å². The molecule has 0 bridgehead atoms. The van der Waals surface area contributed by atoms with Gasteiger partial charge in [0.1, 0.15) is 0 Å². The van der Waals surface area contributed by atoms with Crippen LogP contribution in [0.3, 0.4) is 0 Å². The Labute approximate surface area is 173 Å². The molecule has 5 nitrogen and oxygen atoms in total. The smallest absolute Gasteiger partial charge is 0.335 e. The molecule has 7 heteroatoms. The van der Waals surface area contributed by atoms with Gasteiger partial charge in [-0.15, -0.1) is 0 Å². The maximum absolute atomic E-state index is 12.7. The first kappa shape index (κ1) is 19.7. The second-order valence-corrected chi connectivity index (χ2v) is 6.88. The first-order valence-electron chi connectivity index (χ1n) is 8.35. The summed E-state index contributed by atoms with van der Waals surface area (Å²) in [4.78, 5) is 23.6. The quantitative estimate of drug-likeness (QED) is 0.474. The third-order valence-corrected chi connectivity index (χ3v) is 4.50. The van der Waals surface area contributed by atoms with Crippen LogP contribution in [0, 0.1) is 0 Å².